The maximum Gasteiger partial charge on any atom is 0.258 e. The molecule has 2 aromatic rings. The molecular formula is C25H30ClN3O6. The van der Waals surface area contributed by atoms with Gasteiger partial charge in [-0.05, 0) is 44.2 Å². The third-order valence-corrected chi connectivity index (χ3v) is 5.53. The van der Waals surface area contributed by atoms with Gasteiger partial charge in [0.15, 0.2) is 12.9 Å². The number of halogens is 1. The first-order valence-electron chi connectivity index (χ1n) is 11.2. The van der Waals surface area contributed by atoms with E-state index in [1.807, 2.05) is 13.8 Å². The Labute approximate surface area is 209 Å². The Bertz CT molecular complexity index is 1040. The normalized spacial score (nSPS) is 14.8. The van der Waals surface area contributed by atoms with E-state index in [1.165, 1.54) is 0 Å². The van der Waals surface area contributed by atoms with Crippen LogP contribution in [0.25, 0.3) is 0 Å². The molecule has 1 unspecified atom stereocenters. The Kier molecular flexibility index (Phi) is 9.72. The number of hydrogen-bond donors (Lipinski definition) is 3. The van der Waals surface area contributed by atoms with E-state index < -0.39 is 17.9 Å². The van der Waals surface area contributed by atoms with Crippen LogP contribution >= 0.6 is 11.6 Å². The predicted octanol–water partition coefficient (Wildman–Crippen LogP) is 2.56. The number of β-amino-alcohol motifs (C(OH)–C–C–N with tert-alkyl or cyclic N) is 1. The number of amides is 1. The summed E-state index contributed by atoms with van der Waals surface area (Å²) in [6.45, 7) is 5.27. The Morgan fingerprint density at radius 3 is 2.71 bits per heavy atom. The number of benzene rings is 2. The molecule has 1 heterocycles. The van der Waals surface area contributed by atoms with E-state index in [-0.39, 0.29) is 25.7 Å². The molecular weight excluding hydrogens is 474 g/mol. The van der Waals surface area contributed by atoms with Crippen LogP contribution in [-0.2, 0) is 14.3 Å². The smallest absolute Gasteiger partial charge is 0.258 e. The molecule has 3 N–H and O–H groups in total. The molecule has 0 bridgehead atoms. The summed E-state index contributed by atoms with van der Waals surface area (Å²) < 4.78 is 22.0. The number of aliphatic hydroxyl groups is 1. The van der Waals surface area contributed by atoms with Crippen LogP contribution in [-0.4, -0.2) is 62.2 Å². The first kappa shape index (κ1) is 26.7. The largest absolute Gasteiger partial charge is 0.489 e. The summed E-state index contributed by atoms with van der Waals surface area (Å²) in [7, 11) is 0. The van der Waals surface area contributed by atoms with Gasteiger partial charge in [-0.3, -0.25) is 4.79 Å². The number of nitrogens with one attached hydrogen (secondary N) is 2. The van der Waals surface area contributed by atoms with Crippen LogP contribution in [0.4, 0.5) is 0 Å². The van der Waals surface area contributed by atoms with Crippen LogP contribution in [0.1, 0.15) is 31.3 Å². The van der Waals surface area contributed by atoms with Crippen molar-refractivity contribution < 1.29 is 28.8 Å². The number of hydrogen-bond acceptors (Lipinski definition) is 8. The molecule has 1 fully saturated rings. The molecule has 1 saturated heterocycles. The number of rotatable bonds is 12. The van der Waals surface area contributed by atoms with Crippen LogP contribution in [0.5, 0.6) is 11.5 Å². The first-order chi connectivity index (χ1) is 16.8. The van der Waals surface area contributed by atoms with Crippen molar-refractivity contribution in [2.75, 3.05) is 39.5 Å². The van der Waals surface area contributed by atoms with Crippen molar-refractivity contribution in [2.45, 2.75) is 31.8 Å². The lowest BCUT2D eigenvalue weighted by Crippen LogP contribution is -2.52. The second kappa shape index (κ2) is 12.7. The number of carbonyl (C=O) groups is 1. The molecule has 0 radical (unpaired) electrons. The Balaban J connectivity index is 1.36. The number of para-hydroxylation sites is 1. The van der Waals surface area contributed by atoms with Gasteiger partial charge >= 0.3 is 0 Å². The lowest BCUT2D eigenvalue weighted by molar-refractivity contribution is -0.123. The highest BCUT2D eigenvalue weighted by Crippen LogP contribution is 2.32. The van der Waals surface area contributed by atoms with Gasteiger partial charge < -0.3 is 34.7 Å². The molecule has 2 aromatic carbocycles. The summed E-state index contributed by atoms with van der Waals surface area (Å²) in [6.07, 6.45) is -1.28. The van der Waals surface area contributed by atoms with Crippen molar-refractivity contribution in [3.05, 3.63) is 58.6 Å². The predicted molar refractivity (Wildman–Crippen MR) is 129 cm³/mol. The van der Waals surface area contributed by atoms with Gasteiger partial charge in [0, 0.05) is 24.2 Å². The van der Waals surface area contributed by atoms with E-state index in [2.05, 4.69) is 16.7 Å². The number of nitriles is 1. The summed E-state index contributed by atoms with van der Waals surface area (Å²) in [5, 5.41) is 25.8. The van der Waals surface area contributed by atoms with Crippen LogP contribution in [0.3, 0.4) is 0 Å². The lowest BCUT2D eigenvalue weighted by atomic mass is 10.1. The zero-order valence-electron chi connectivity index (χ0n) is 19.8. The molecule has 0 aliphatic carbocycles. The van der Waals surface area contributed by atoms with Crippen molar-refractivity contribution in [1.82, 2.24) is 10.6 Å². The molecule has 1 atom stereocenters. The Hall–Kier alpha value is -2.87. The topological polar surface area (TPSA) is 122 Å². The van der Waals surface area contributed by atoms with E-state index in [0.29, 0.717) is 41.8 Å². The molecule has 1 amide bonds. The monoisotopic (exact) mass is 503 g/mol. The highest BCUT2D eigenvalue weighted by atomic mass is 35.5. The number of nitrogens with zero attached hydrogens (tertiary/aromatic N) is 1. The molecule has 0 aromatic heterocycles. The molecule has 188 valence electrons. The average Bonchev–Trinajstić information content (AvgIpc) is 3.38. The molecule has 1 aliphatic heterocycles. The summed E-state index contributed by atoms with van der Waals surface area (Å²) >= 11 is 6.29. The van der Waals surface area contributed by atoms with Gasteiger partial charge in [0.1, 0.15) is 30.3 Å². The fourth-order valence-corrected chi connectivity index (χ4v) is 3.49. The second-order valence-electron chi connectivity index (χ2n) is 8.66. The minimum absolute atomic E-state index is 0.0301. The number of carbonyl (C=O) groups excluding carboxylic acids is 1. The van der Waals surface area contributed by atoms with Gasteiger partial charge in [-0.2, -0.15) is 5.26 Å². The first-order valence-corrected chi connectivity index (χ1v) is 11.6. The van der Waals surface area contributed by atoms with Crippen molar-refractivity contribution >= 4 is 17.5 Å². The maximum atomic E-state index is 12.2. The van der Waals surface area contributed by atoms with Crippen LogP contribution in [0.15, 0.2) is 42.5 Å². The van der Waals surface area contributed by atoms with Crippen molar-refractivity contribution in [3.63, 3.8) is 0 Å². The molecule has 9 nitrogen and oxygen atoms in total. The fraction of sp³-hybridized carbons (Fsp3) is 0.440. The number of aliphatic hydroxyl groups excluding tert-OH is 1. The van der Waals surface area contributed by atoms with Crippen molar-refractivity contribution in [3.8, 4) is 17.6 Å². The van der Waals surface area contributed by atoms with Crippen LogP contribution < -0.4 is 20.1 Å². The quantitative estimate of drug-likeness (QED) is 0.404. The van der Waals surface area contributed by atoms with Gasteiger partial charge in [0.25, 0.3) is 5.91 Å². The average molecular weight is 504 g/mol. The second-order valence-corrected chi connectivity index (χ2v) is 9.07. The van der Waals surface area contributed by atoms with Gasteiger partial charge in [0.05, 0.1) is 23.8 Å². The zero-order valence-corrected chi connectivity index (χ0v) is 20.5. The SMILES string of the molecule is CC(C)(CNC(=O)COc1ccc(C2OCCO2)c(Cl)c1)NCC(O)COc1ccccc1C#N. The molecule has 0 saturated carbocycles. The van der Waals surface area contributed by atoms with Gasteiger partial charge in [-0.15, -0.1) is 0 Å². The molecule has 1 aliphatic rings. The zero-order chi connectivity index (χ0) is 25.3. The minimum atomic E-state index is -0.798. The third-order valence-electron chi connectivity index (χ3n) is 5.20. The van der Waals surface area contributed by atoms with Crippen molar-refractivity contribution in [2.24, 2.45) is 0 Å². The highest BCUT2D eigenvalue weighted by Gasteiger charge is 2.22. The highest BCUT2D eigenvalue weighted by molar-refractivity contribution is 6.31. The summed E-state index contributed by atoms with van der Waals surface area (Å²) in [4.78, 5) is 12.2. The van der Waals surface area contributed by atoms with Gasteiger partial charge in [-0.25, -0.2) is 0 Å². The summed E-state index contributed by atoms with van der Waals surface area (Å²) in [5.74, 6) is 0.599. The lowest BCUT2D eigenvalue weighted by Gasteiger charge is -2.28. The Morgan fingerprint density at radius 1 is 1.26 bits per heavy atom. The fourth-order valence-electron chi connectivity index (χ4n) is 3.23. The van der Waals surface area contributed by atoms with E-state index in [1.54, 1.807) is 42.5 Å². The van der Waals surface area contributed by atoms with E-state index in [4.69, 9.17) is 35.8 Å². The van der Waals surface area contributed by atoms with Gasteiger partial charge in [0.2, 0.25) is 0 Å². The minimum Gasteiger partial charge on any atom is -0.489 e. The van der Waals surface area contributed by atoms with E-state index >= 15 is 0 Å². The molecule has 10 heteroatoms. The van der Waals surface area contributed by atoms with E-state index in [0.717, 1.165) is 5.56 Å². The molecule has 3 rings (SSSR count). The molecule has 0 spiro atoms. The maximum absolute atomic E-state index is 12.2. The Morgan fingerprint density at radius 2 is 2.00 bits per heavy atom. The van der Waals surface area contributed by atoms with Crippen LogP contribution in [0, 0.1) is 11.3 Å². The van der Waals surface area contributed by atoms with Crippen molar-refractivity contribution in [1.29, 1.82) is 5.26 Å². The van der Waals surface area contributed by atoms with E-state index in [9.17, 15) is 9.90 Å². The third kappa shape index (κ3) is 8.38. The number of ether oxygens (including phenoxy) is 4. The van der Waals surface area contributed by atoms with Gasteiger partial charge in [-0.1, -0.05) is 23.7 Å². The molecule has 35 heavy (non-hydrogen) atoms. The summed E-state index contributed by atoms with van der Waals surface area (Å²) in [6, 6.07) is 14.0. The summed E-state index contributed by atoms with van der Waals surface area (Å²) in [5.41, 5.74) is 0.636. The van der Waals surface area contributed by atoms with Crippen LogP contribution in [0.2, 0.25) is 5.02 Å². The standard InChI is InChI=1S/C25H30ClN3O6/c1-25(2,29-13-18(30)14-35-22-6-4-3-5-17(22)12-27)16-28-23(31)15-34-19-7-8-20(21(26)11-19)24-32-9-10-33-24/h3-8,11,18,24,29-30H,9-10,13-16H2,1-2H3,(H,28,31).